The van der Waals surface area contributed by atoms with Crippen molar-refractivity contribution in [2.45, 2.75) is 32.2 Å². The molecule has 0 amide bonds. The highest BCUT2D eigenvalue weighted by atomic mass is 15.3. The van der Waals surface area contributed by atoms with Crippen LogP contribution in [0.3, 0.4) is 0 Å². The minimum Gasteiger partial charge on any atom is -0.384 e. The molecular formula is C12H15N5. The van der Waals surface area contributed by atoms with Crippen LogP contribution >= 0.6 is 0 Å². The molecule has 2 aromatic rings. The molecule has 2 N–H and O–H groups in total. The van der Waals surface area contributed by atoms with Gasteiger partial charge in [-0.3, -0.25) is 0 Å². The minimum atomic E-state index is 0.532. The molecular weight excluding hydrogens is 214 g/mol. The van der Waals surface area contributed by atoms with E-state index in [-0.39, 0.29) is 0 Å². The maximum Gasteiger partial charge on any atom is 0.165 e. The lowest BCUT2D eigenvalue weighted by Crippen LogP contribution is -2.03. The van der Waals surface area contributed by atoms with Crippen molar-refractivity contribution in [3.63, 3.8) is 0 Å². The molecule has 0 radical (unpaired) electrons. The standard InChI is InChI=1S/C12H15N5/c13-10-6-5-9(8-14-10)12-16-15-11-4-2-1-3-7-17(11)12/h5-6,8H,1-4,7H2,(H2,13,14). The average molecular weight is 229 g/mol. The predicted molar refractivity (Wildman–Crippen MR) is 65.2 cm³/mol. The molecule has 0 spiro atoms. The van der Waals surface area contributed by atoms with Crippen LogP contribution in [-0.4, -0.2) is 19.7 Å². The zero-order valence-electron chi connectivity index (χ0n) is 9.63. The third kappa shape index (κ3) is 1.88. The second kappa shape index (κ2) is 4.16. The molecule has 0 fully saturated rings. The highest BCUT2D eigenvalue weighted by Crippen LogP contribution is 2.22. The van der Waals surface area contributed by atoms with Gasteiger partial charge in [0.25, 0.3) is 0 Å². The molecule has 0 aromatic carbocycles. The van der Waals surface area contributed by atoms with Crippen LogP contribution in [0.4, 0.5) is 5.82 Å². The molecule has 1 aliphatic rings. The molecule has 2 aromatic heterocycles. The zero-order valence-corrected chi connectivity index (χ0v) is 9.63. The Labute approximate surface area is 99.7 Å². The summed E-state index contributed by atoms with van der Waals surface area (Å²) in [5.74, 6) is 2.54. The Morgan fingerprint density at radius 2 is 2.06 bits per heavy atom. The topological polar surface area (TPSA) is 69.6 Å². The van der Waals surface area contributed by atoms with E-state index in [1.54, 1.807) is 12.3 Å². The Morgan fingerprint density at radius 3 is 2.88 bits per heavy atom. The monoisotopic (exact) mass is 229 g/mol. The van der Waals surface area contributed by atoms with Gasteiger partial charge in [0.05, 0.1) is 0 Å². The Morgan fingerprint density at radius 1 is 1.12 bits per heavy atom. The van der Waals surface area contributed by atoms with Crippen LogP contribution in [0.5, 0.6) is 0 Å². The molecule has 0 aliphatic carbocycles. The van der Waals surface area contributed by atoms with Crippen LogP contribution in [-0.2, 0) is 13.0 Å². The van der Waals surface area contributed by atoms with E-state index in [4.69, 9.17) is 5.73 Å². The van der Waals surface area contributed by atoms with Crippen molar-refractivity contribution < 1.29 is 0 Å². The van der Waals surface area contributed by atoms with Crippen LogP contribution in [0.2, 0.25) is 0 Å². The van der Waals surface area contributed by atoms with Gasteiger partial charge in [-0.05, 0) is 25.0 Å². The van der Waals surface area contributed by atoms with E-state index < -0.39 is 0 Å². The molecule has 1 aliphatic heterocycles. The largest absolute Gasteiger partial charge is 0.384 e. The predicted octanol–water partition coefficient (Wildman–Crippen LogP) is 1.65. The first-order valence-electron chi connectivity index (χ1n) is 5.98. The van der Waals surface area contributed by atoms with Crippen molar-refractivity contribution in [3.8, 4) is 11.4 Å². The van der Waals surface area contributed by atoms with Crippen LogP contribution in [0.15, 0.2) is 18.3 Å². The lowest BCUT2D eigenvalue weighted by molar-refractivity contribution is 0.636. The van der Waals surface area contributed by atoms with Gasteiger partial charge in [0.1, 0.15) is 11.6 Å². The smallest absolute Gasteiger partial charge is 0.165 e. The average Bonchev–Trinajstić information content (AvgIpc) is 2.60. The van der Waals surface area contributed by atoms with Gasteiger partial charge < -0.3 is 10.3 Å². The maximum absolute atomic E-state index is 5.59. The number of nitrogens with two attached hydrogens (primary N) is 1. The van der Waals surface area contributed by atoms with Crippen molar-refractivity contribution in [2.75, 3.05) is 5.73 Å². The van der Waals surface area contributed by atoms with Crippen molar-refractivity contribution in [2.24, 2.45) is 0 Å². The van der Waals surface area contributed by atoms with Gasteiger partial charge in [-0.25, -0.2) is 4.98 Å². The fourth-order valence-electron chi connectivity index (χ4n) is 2.24. The van der Waals surface area contributed by atoms with Gasteiger partial charge in [-0.2, -0.15) is 0 Å². The van der Waals surface area contributed by atoms with E-state index in [1.165, 1.54) is 19.3 Å². The highest BCUT2D eigenvalue weighted by Gasteiger charge is 2.15. The maximum atomic E-state index is 5.59. The van der Waals surface area contributed by atoms with E-state index >= 15 is 0 Å². The summed E-state index contributed by atoms with van der Waals surface area (Å²) < 4.78 is 2.21. The number of anilines is 1. The summed E-state index contributed by atoms with van der Waals surface area (Å²) in [5.41, 5.74) is 6.57. The Balaban J connectivity index is 2.03. The van der Waals surface area contributed by atoms with Gasteiger partial charge >= 0.3 is 0 Å². The number of rotatable bonds is 1. The van der Waals surface area contributed by atoms with Crippen LogP contribution in [0, 0.1) is 0 Å². The van der Waals surface area contributed by atoms with Crippen LogP contribution in [0.25, 0.3) is 11.4 Å². The van der Waals surface area contributed by atoms with Gasteiger partial charge in [-0.1, -0.05) is 6.42 Å². The van der Waals surface area contributed by atoms with Crippen molar-refractivity contribution in [1.29, 1.82) is 0 Å². The van der Waals surface area contributed by atoms with Crippen LogP contribution < -0.4 is 5.73 Å². The summed E-state index contributed by atoms with van der Waals surface area (Å²) in [6.07, 6.45) is 6.45. The molecule has 17 heavy (non-hydrogen) atoms. The molecule has 0 saturated carbocycles. The quantitative estimate of drug-likeness (QED) is 0.807. The first-order chi connectivity index (χ1) is 8.34. The normalized spacial score (nSPS) is 15.3. The second-order valence-corrected chi connectivity index (χ2v) is 4.37. The Kier molecular flexibility index (Phi) is 2.51. The molecule has 0 saturated heterocycles. The van der Waals surface area contributed by atoms with Gasteiger partial charge in [0.2, 0.25) is 0 Å². The van der Waals surface area contributed by atoms with Crippen LogP contribution in [0.1, 0.15) is 25.1 Å². The SMILES string of the molecule is Nc1ccc(-c2nnc3n2CCCCC3)cn1. The molecule has 0 bridgehead atoms. The fraction of sp³-hybridized carbons (Fsp3) is 0.417. The molecule has 3 heterocycles. The molecule has 3 rings (SSSR count). The van der Waals surface area contributed by atoms with Gasteiger partial charge in [0.15, 0.2) is 5.82 Å². The summed E-state index contributed by atoms with van der Waals surface area (Å²) in [4.78, 5) is 4.10. The van der Waals surface area contributed by atoms with E-state index in [2.05, 4.69) is 19.7 Å². The second-order valence-electron chi connectivity index (χ2n) is 4.37. The van der Waals surface area contributed by atoms with E-state index in [0.29, 0.717) is 5.82 Å². The first kappa shape index (κ1) is 10.3. The molecule has 5 heteroatoms. The van der Waals surface area contributed by atoms with E-state index in [1.807, 2.05) is 6.07 Å². The summed E-state index contributed by atoms with van der Waals surface area (Å²) >= 11 is 0. The molecule has 5 nitrogen and oxygen atoms in total. The number of hydrogen-bond acceptors (Lipinski definition) is 4. The number of nitrogens with zero attached hydrogens (tertiary/aromatic N) is 4. The number of fused-ring (bicyclic) bond motifs is 1. The lowest BCUT2D eigenvalue weighted by atomic mass is 10.2. The first-order valence-corrected chi connectivity index (χ1v) is 5.98. The summed E-state index contributed by atoms with van der Waals surface area (Å²) in [6.45, 7) is 1.00. The molecule has 0 unspecified atom stereocenters. The van der Waals surface area contributed by atoms with E-state index in [9.17, 15) is 0 Å². The summed E-state index contributed by atoms with van der Waals surface area (Å²) in [7, 11) is 0. The Hall–Kier alpha value is -1.91. The summed E-state index contributed by atoms with van der Waals surface area (Å²) in [5, 5.41) is 8.54. The minimum absolute atomic E-state index is 0.532. The number of pyridine rings is 1. The molecule has 88 valence electrons. The van der Waals surface area contributed by atoms with E-state index in [0.717, 1.165) is 30.2 Å². The summed E-state index contributed by atoms with van der Waals surface area (Å²) in [6, 6.07) is 3.75. The van der Waals surface area contributed by atoms with Crippen molar-refractivity contribution >= 4 is 5.82 Å². The van der Waals surface area contributed by atoms with Gasteiger partial charge in [-0.15, -0.1) is 10.2 Å². The highest BCUT2D eigenvalue weighted by molar-refractivity contribution is 5.55. The van der Waals surface area contributed by atoms with Crippen molar-refractivity contribution in [1.82, 2.24) is 19.7 Å². The third-order valence-corrected chi connectivity index (χ3v) is 3.15. The number of nitrogen functional groups attached to an aromatic ring is 1. The number of hydrogen-bond donors (Lipinski definition) is 1. The van der Waals surface area contributed by atoms with Crippen molar-refractivity contribution in [3.05, 3.63) is 24.2 Å². The zero-order chi connectivity index (χ0) is 11.7. The van der Waals surface area contributed by atoms with Gasteiger partial charge in [0, 0.05) is 24.7 Å². The fourth-order valence-corrected chi connectivity index (χ4v) is 2.24. The third-order valence-electron chi connectivity index (χ3n) is 3.15. The lowest BCUT2D eigenvalue weighted by Gasteiger charge is -2.06. The molecule has 0 atom stereocenters. The Bertz CT molecular complexity index is 514. The number of aromatic nitrogens is 4. The number of aryl methyl sites for hydroxylation is 1.